The van der Waals surface area contributed by atoms with Gasteiger partial charge in [-0.1, -0.05) is 165 Å². The monoisotopic (exact) mass is 643 g/mol. The summed E-state index contributed by atoms with van der Waals surface area (Å²) in [5.41, 5.74) is 0. The zero-order chi connectivity index (χ0) is 33.6. The number of unbranched alkanes of at least 4 members (excludes halogenated alkanes) is 19. The highest BCUT2D eigenvalue weighted by atomic mass is 16.5. The summed E-state index contributed by atoms with van der Waals surface area (Å²) in [4.78, 5) is 23.5. The first-order chi connectivity index (χ1) is 22.6. The molecule has 1 unspecified atom stereocenters. The number of esters is 1. The van der Waals surface area contributed by atoms with Gasteiger partial charge in [-0.15, -0.1) is 0 Å². The van der Waals surface area contributed by atoms with E-state index in [1.807, 2.05) is 0 Å². The van der Waals surface area contributed by atoms with Crippen molar-refractivity contribution in [1.82, 2.24) is 0 Å². The van der Waals surface area contributed by atoms with Gasteiger partial charge in [0.05, 0.1) is 0 Å². The van der Waals surface area contributed by atoms with Gasteiger partial charge in [0.2, 0.25) is 0 Å². The lowest BCUT2D eigenvalue weighted by molar-refractivity contribution is -0.151. The Morgan fingerprint density at radius 2 is 0.870 bits per heavy atom. The summed E-state index contributed by atoms with van der Waals surface area (Å²) >= 11 is 0. The highest BCUT2D eigenvalue weighted by Gasteiger charge is 2.15. The molecule has 46 heavy (non-hydrogen) atoms. The van der Waals surface area contributed by atoms with Gasteiger partial charge in [-0.2, -0.15) is 0 Å². The number of hydrogen-bond acceptors (Lipinski definition) is 3. The first-order valence-corrected chi connectivity index (χ1v) is 19.6. The summed E-state index contributed by atoms with van der Waals surface area (Å²) in [5.74, 6) is -0.989. The lowest BCUT2D eigenvalue weighted by atomic mass is 10.0. The molecule has 4 heteroatoms. The van der Waals surface area contributed by atoms with Crippen LogP contribution >= 0.6 is 0 Å². The van der Waals surface area contributed by atoms with Gasteiger partial charge >= 0.3 is 11.9 Å². The van der Waals surface area contributed by atoms with E-state index >= 15 is 0 Å². The topological polar surface area (TPSA) is 63.6 Å². The largest absolute Gasteiger partial charge is 0.481 e. The SMILES string of the molecule is CCCCC/C=C\C/C=C\C/C=C\C/C=C\CCCCCC(=O)OC(CCCCCCCCCCCCCCCC)CCC(=O)O. The van der Waals surface area contributed by atoms with Crippen molar-refractivity contribution >= 4 is 11.9 Å². The van der Waals surface area contributed by atoms with Gasteiger partial charge in [0, 0.05) is 12.8 Å². The van der Waals surface area contributed by atoms with Gasteiger partial charge in [0.1, 0.15) is 6.10 Å². The van der Waals surface area contributed by atoms with Crippen LogP contribution in [-0.4, -0.2) is 23.1 Å². The predicted octanol–water partition coefficient (Wildman–Crippen LogP) is 13.6. The van der Waals surface area contributed by atoms with Crippen LogP contribution in [0.1, 0.15) is 200 Å². The minimum atomic E-state index is -0.821. The Morgan fingerprint density at radius 1 is 0.478 bits per heavy atom. The molecule has 4 nitrogen and oxygen atoms in total. The zero-order valence-electron chi connectivity index (χ0n) is 30.4. The molecule has 0 saturated carbocycles. The zero-order valence-corrected chi connectivity index (χ0v) is 30.4. The van der Waals surface area contributed by atoms with Crippen molar-refractivity contribution in [2.24, 2.45) is 0 Å². The van der Waals surface area contributed by atoms with Gasteiger partial charge in [-0.25, -0.2) is 0 Å². The number of hydrogen-bond donors (Lipinski definition) is 1. The third kappa shape index (κ3) is 36.4. The van der Waals surface area contributed by atoms with Gasteiger partial charge in [-0.3, -0.25) is 9.59 Å². The number of carboxylic acids is 1. The number of ether oxygens (including phenoxy) is 1. The van der Waals surface area contributed by atoms with E-state index in [0.717, 1.165) is 64.2 Å². The number of carboxylic acid groups (broad SMARTS) is 1. The molecule has 0 aromatic rings. The summed E-state index contributed by atoms with van der Waals surface area (Å²) in [6, 6.07) is 0. The molecule has 0 fully saturated rings. The molecule has 0 rings (SSSR count). The van der Waals surface area contributed by atoms with E-state index in [9.17, 15) is 9.59 Å². The lowest BCUT2D eigenvalue weighted by Crippen LogP contribution is -2.19. The van der Waals surface area contributed by atoms with Gasteiger partial charge in [0.25, 0.3) is 0 Å². The minimum absolute atomic E-state index is 0.0611. The van der Waals surface area contributed by atoms with Crippen LogP contribution in [0.3, 0.4) is 0 Å². The minimum Gasteiger partial charge on any atom is -0.481 e. The molecule has 1 N–H and O–H groups in total. The molecule has 0 aliphatic heterocycles. The smallest absolute Gasteiger partial charge is 0.306 e. The number of allylic oxidation sites excluding steroid dienone is 8. The molecule has 0 heterocycles. The van der Waals surface area contributed by atoms with E-state index in [1.54, 1.807) is 0 Å². The molecule has 266 valence electrons. The number of aliphatic carboxylic acids is 1. The fourth-order valence-electron chi connectivity index (χ4n) is 5.63. The Labute approximate surface area is 285 Å². The fraction of sp³-hybridized carbons (Fsp3) is 0.762. The molecule has 1 atom stereocenters. The summed E-state index contributed by atoms with van der Waals surface area (Å²) in [5, 5.41) is 9.11. The molecular formula is C42H74O4. The van der Waals surface area contributed by atoms with Crippen molar-refractivity contribution in [2.45, 2.75) is 206 Å². The van der Waals surface area contributed by atoms with Crippen LogP contribution in [0.4, 0.5) is 0 Å². The van der Waals surface area contributed by atoms with Crippen LogP contribution in [0, 0.1) is 0 Å². The van der Waals surface area contributed by atoms with Gasteiger partial charge < -0.3 is 9.84 Å². The Bertz CT molecular complexity index is 779. The maximum atomic E-state index is 12.4. The van der Waals surface area contributed by atoms with Crippen LogP contribution in [-0.2, 0) is 14.3 Å². The first kappa shape index (κ1) is 43.9. The summed E-state index contributed by atoms with van der Waals surface area (Å²) < 4.78 is 5.72. The molecule has 0 radical (unpaired) electrons. The van der Waals surface area contributed by atoms with Crippen molar-refractivity contribution in [2.75, 3.05) is 0 Å². The Morgan fingerprint density at radius 3 is 1.35 bits per heavy atom. The molecule has 0 aromatic carbocycles. The Kier molecular flexibility index (Phi) is 35.7. The average Bonchev–Trinajstić information content (AvgIpc) is 3.04. The molecule has 0 aliphatic carbocycles. The summed E-state index contributed by atoms with van der Waals surface area (Å²) in [6.45, 7) is 4.51. The summed E-state index contributed by atoms with van der Waals surface area (Å²) in [7, 11) is 0. The van der Waals surface area contributed by atoms with Crippen molar-refractivity contribution in [1.29, 1.82) is 0 Å². The highest BCUT2D eigenvalue weighted by Crippen LogP contribution is 2.17. The molecule has 0 saturated heterocycles. The standard InChI is InChI=1S/C42H74O4/c1-3-5-7-9-11-13-15-17-19-20-21-22-23-25-27-29-31-33-35-37-42(45)46-40(38-39-41(43)44)36-34-32-30-28-26-24-18-16-14-12-10-8-6-4-2/h11,13,17,19,21-22,25,27,40H,3-10,12,14-16,18,20,23-24,26,28-39H2,1-2H3,(H,43,44)/b13-11-,19-17-,22-21-,27-25-. The van der Waals surface area contributed by atoms with Crippen LogP contribution in [0.15, 0.2) is 48.6 Å². The highest BCUT2D eigenvalue weighted by molar-refractivity contribution is 5.69. The Balaban J connectivity index is 3.83. The number of rotatable bonds is 35. The van der Waals surface area contributed by atoms with Crippen molar-refractivity contribution in [3.8, 4) is 0 Å². The van der Waals surface area contributed by atoms with Crippen LogP contribution in [0.5, 0.6) is 0 Å². The maximum absolute atomic E-state index is 12.4. The fourth-order valence-corrected chi connectivity index (χ4v) is 5.63. The van der Waals surface area contributed by atoms with Gasteiger partial charge in [-0.05, 0) is 70.6 Å². The van der Waals surface area contributed by atoms with E-state index in [-0.39, 0.29) is 18.5 Å². The van der Waals surface area contributed by atoms with Crippen molar-refractivity contribution in [3.05, 3.63) is 48.6 Å². The van der Waals surface area contributed by atoms with Crippen LogP contribution in [0.2, 0.25) is 0 Å². The lowest BCUT2D eigenvalue weighted by Gasteiger charge is -2.17. The van der Waals surface area contributed by atoms with E-state index < -0.39 is 5.97 Å². The Hall–Kier alpha value is -2.10. The number of carbonyl (C=O) groups excluding carboxylic acids is 1. The second-order valence-corrected chi connectivity index (χ2v) is 13.1. The predicted molar refractivity (Wildman–Crippen MR) is 199 cm³/mol. The van der Waals surface area contributed by atoms with Crippen molar-refractivity contribution in [3.63, 3.8) is 0 Å². The second-order valence-electron chi connectivity index (χ2n) is 13.1. The van der Waals surface area contributed by atoms with Gasteiger partial charge in [0.15, 0.2) is 0 Å². The van der Waals surface area contributed by atoms with Crippen LogP contribution < -0.4 is 0 Å². The molecule has 0 bridgehead atoms. The maximum Gasteiger partial charge on any atom is 0.306 e. The van der Waals surface area contributed by atoms with Crippen molar-refractivity contribution < 1.29 is 19.4 Å². The average molecular weight is 643 g/mol. The normalized spacial score (nSPS) is 12.7. The van der Waals surface area contributed by atoms with E-state index in [1.165, 1.54) is 103 Å². The van der Waals surface area contributed by atoms with E-state index in [4.69, 9.17) is 9.84 Å². The molecule has 0 amide bonds. The quantitative estimate of drug-likeness (QED) is 0.0424. The van der Waals surface area contributed by atoms with E-state index in [0.29, 0.717) is 12.8 Å². The molecular weight excluding hydrogens is 568 g/mol. The molecule has 0 spiro atoms. The summed E-state index contributed by atoms with van der Waals surface area (Å²) in [6.07, 6.45) is 49.8. The number of carbonyl (C=O) groups is 2. The third-order valence-corrected chi connectivity index (χ3v) is 8.57. The van der Waals surface area contributed by atoms with E-state index in [2.05, 4.69) is 62.5 Å². The molecule has 0 aromatic heterocycles. The second kappa shape index (κ2) is 37.4. The van der Waals surface area contributed by atoms with Crippen LogP contribution in [0.25, 0.3) is 0 Å². The third-order valence-electron chi connectivity index (χ3n) is 8.57. The first-order valence-electron chi connectivity index (χ1n) is 19.6. The molecule has 0 aliphatic rings.